The van der Waals surface area contributed by atoms with Crippen LogP contribution in [0.15, 0.2) is 65.7 Å². The summed E-state index contributed by atoms with van der Waals surface area (Å²) in [4.78, 5) is 40.3. The van der Waals surface area contributed by atoms with Gasteiger partial charge in [0.2, 0.25) is 0 Å². The number of hydrogen-bond acceptors (Lipinski definition) is 8. The van der Waals surface area contributed by atoms with Crippen molar-refractivity contribution < 1.29 is 38.1 Å². The van der Waals surface area contributed by atoms with Crippen LogP contribution in [0.2, 0.25) is 0 Å². The fourth-order valence-corrected chi connectivity index (χ4v) is 3.95. The first-order chi connectivity index (χ1) is 19.0. The molecule has 0 heterocycles. The zero-order valence-electron chi connectivity index (χ0n) is 24.3. The number of benzene rings is 2. The molecule has 0 aliphatic carbocycles. The number of aliphatic imine (C=N–C) groups is 1. The molecule has 9 nitrogen and oxygen atoms in total. The largest absolute Gasteiger partial charge is 0.465 e. The van der Waals surface area contributed by atoms with Gasteiger partial charge in [-0.3, -0.25) is 4.79 Å². The van der Waals surface area contributed by atoms with Crippen LogP contribution in [-0.4, -0.2) is 54.8 Å². The molecule has 0 radical (unpaired) electrons. The van der Waals surface area contributed by atoms with Crippen LogP contribution >= 0.6 is 0 Å². The van der Waals surface area contributed by atoms with Gasteiger partial charge in [0, 0.05) is 6.92 Å². The molecule has 2 rings (SSSR count). The second kappa shape index (κ2) is 16.5. The minimum absolute atomic E-state index is 0.0478. The van der Waals surface area contributed by atoms with Crippen molar-refractivity contribution in [2.24, 2.45) is 4.99 Å². The Labute approximate surface area is 236 Å². The zero-order chi connectivity index (χ0) is 29.5. The third-order valence-electron chi connectivity index (χ3n) is 5.72. The molecule has 2 aromatic carbocycles. The van der Waals surface area contributed by atoms with Gasteiger partial charge < -0.3 is 23.7 Å². The van der Waals surface area contributed by atoms with E-state index in [1.54, 1.807) is 27.7 Å². The highest BCUT2D eigenvalue weighted by Crippen LogP contribution is 2.22. The van der Waals surface area contributed by atoms with Crippen molar-refractivity contribution >= 4 is 23.7 Å². The Balaban J connectivity index is 2.24. The van der Waals surface area contributed by atoms with Gasteiger partial charge in [-0.1, -0.05) is 60.7 Å². The van der Waals surface area contributed by atoms with Crippen molar-refractivity contribution in [3.8, 4) is 0 Å². The molecule has 0 unspecified atom stereocenters. The number of carbonyl (C=O) groups is 3. The molecule has 9 heteroatoms. The van der Waals surface area contributed by atoms with Gasteiger partial charge in [-0.2, -0.15) is 4.99 Å². The predicted octanol–water partition coefficient (Wildman–Crippen LogP) is 5.83. The Hall–Kier alpha value is -3.56. The second-order valence-electron chi connectivity index (χ2n) is 10.3. The number of nitrogens with zero attached hydrogens (tertiary/aromatic N) is 1. The van der Waals surface area contributed by atoms with Crippen molar-refractivity contribution in [2.45, 2.75) is 91.0 Å². The molecule has 0 saturated heterocycles. The van der Waals surface area contributed by atoms with Crippen LogP contribution in [0.4, 0.5) is 4.79 Å². The second-order valence-corrected chi connectivity index (χ2v) is 10.3. The average Bonchev–Trinajstić information content (AvgIpc) is 2.90. The van der Waals surface area contributed by atoms with E-state index in [4.69, 9.17) is 23.7 Å². The van der Waals surface area contributed by atoms with E-state index < -0.39 is 41.9 Å². The number of rotatable bonds is 14. The molecule has 0 aliphatic rings. The van der Waals surface area contributed by atoms with Crippen LogP contribution in [0.25, 0.3) is 0 Å². The van der Waals surface area contributed by atoms with Crippen molar-refractivity contribution in [3.63, 3.8) is 0 Å². The summed E-state index contributed by atoms with van der Waals surface area (Å²) in [5, 5.41) is 0. The van der Waals surface area contributed by atoms with E-state index in [1.165, 1.54) is 14.0 Å². The minimum Gasteiger partial charge on any atom is -0.465 e. The molecule has 218 valence electrons. The van der Waals surface area contributed by atoms with Gasteiger partial charge in [0.05, 0.1) is 26.4 Å². The summed E-state index contributed by atoms with van der Waals surface area (Å²) in [6, 6.07) is 19.3. The Morgan fingerprint density at radius 2 is 1.43 bits per heavy atom. The standard InChI is InChI=1S/C31H41NO8/c1-22(39-23(2)33)28(38-21-25-16-11-8-12-17-25)27(37-20-24-14-9-7-10-15-24)19-13-18-26(29(34)36-6)32-30(35)40-31(3,4)5/h7-12,14-17,22,27-28H,13,18-21H2,1-6H3/t22-,27-,28-/m0/s1. The van der Waals surface area contributed by atoms with Gasteiger partial charge in [-0.15, -0.1) is 0 Å². The van der Waals surface area contributed by atoms with Crippen LogP contribution in [-0.2, 0) is 46.5 Å². The van der Waals surface area contributed by atoms with E-state index in [-0.39, 0.29) is 18.7 Å². The lowest BCUT2D eigenvalue weighted by Gasteiger charge is -2.31. The fraction of sp³-hybridized carbons (Fsp3) is 0.484. The summed E-state index contributed by atoms with van der Waals surface area (Å²) in [6.45, 7) is 8.85. The van der Waals surface area contributed by atoms with E-state index in [0.717, 1.165) is 11.1 Å². The minimum atomic E-state index is -0.864. The van der Waals surface area contributed by atoms with Crippen LogP contribution in [0, 0.1) is 0 Å². The Morgan fingerprint density at radius 3 is 1.93 bits per heavy atom. The number of hydrogen-bond donors (Lipinski definition) is 0. The molecule has 0 fully saturated rings. The van der Waals surface area contributed by atoms with Gasteiger partial charge in [-0.05, 0) is 58.1 Å². The van der Waals surface area contributed by atoms with Crippen LogP contribution in [0.1, 0.15) is 65.0 Å². The van der Waals surface area contributed by atoms with Crippen LogP contribution < -0.4 is 0 Å². The molecular weight excluding hydrogens is 514 g/mol. The summed E-state index contributed by atoms with van der Waals surface area (Å²) in [5.41, 5.74) is 1.13. The zero-order valence-corrected chi connectivity index (χ0v) is 24.3. The Kier molecular flexibility index (Phi) is 13.5. The summed E-state index contributed by atoms with van der Waals surface area (Å²) < 4.78 is 28.2. The molecule has 0 aliphatic heterocycles. The average molecular weight is 556 g/mol. The van der Waals surface area contributed by atoms with Crippen molar-refractivity contribution in [1.82, 2.24) is 0 Å². The van der Waals surface area contributed by atoms with E-state index in [0.29, 0.717) is 19.4 Å². The summed E-state index contributed by atoms with van der Waals surface area (Å²) in [6.07, 6.45) is -1.63. The quantitative estimate of drug-likeness (QED) is 0.163. The fourth-order valence-electron chi connectivity index (χ4n) is 3.95. The SMILES string of the molecule is COC(=O)C(CCC[C@H](OCc1ccccc1)[C@@H](OCc1ccccc1)[C@H](C)OC(C)=O)=NC(=O)OC(C)(C)C. The van der Waals surface area contributed by atoms with Gasteiger partial charge in [0.25, 0.3) is 0 Å². The van der Waals surface area contributed by atoms with Crippen LogP contribution in [0.3, 0.4) is 0 Å². The maximum atomic E-state index is 12.3. The topological polar surface area (TPSA) is 110 Å². The maximum absolute atomic E-state index is 12.3. The Morgan fingerprint density at radius 1 is 0.875 bits per heavy atom. The lowest BCUT2D eigenvalue weighted by atomic mass is 10.0. The number of carbonyl (C=O) groups excluding carboxylic acids is 3. The van der Waals surface area contributed by atoms with E-state index >= 15 is 0 Å². The predicted molar refractivity (Wildman–Crippen MR) is 151 cm³/mol. The number of amides is 1. The lowest BCUT2D eigenvalue weighted by molar-refractivity contribution is -0.168. The number of esters is 2. The molecule has 0 bridgehead atoms. The molecule has 3 atom stereocenters. The van der Waals surface area contributed by atoms with E-state index in [1.807, 2.05) is 60.7 Å². The highest BCUT2D eigenvalue weighted by Gasteiger charge is 2.31. The van der Waals surface area contributed by atoms with Crippen molar-refractivity contribution in [2.75, 3.05) is 7.11 Å². The lowest BCUT2D eigenvalue weighted by Crippen LogP contribution is -2.42. The highest BCUT2D eigenvalue weighted by molar-refractivity contribution is 6.37. The molecule has 0 N–H and O–H groups in total. The molecule has 1 amide bonds. The molecule has 40 heavy (non-hydrogen) atoms. The van der Waals surface area contributed by atoms with Gasteiger partial charge in [0.1, 0.15) is 23.5 Å². The first kappa shape index (κ1) is 32.7. The number of methoxy groups -OCH3 is 1. The van der Waals surface area contributed by atoms with Gasteiger partial charge >= 0.3 is 18.0 Å². The van der Waals surface area contributed by atoms with Gasteiger partial charge in [-0.25, -0.2) is 9.59 Å². The van der Waals surface area contributed by atoms with Gasteiger partial charge in [0.15, 0.2) is 0 Å². The van der Waals surface area contributed by atoms with Crippen molar-refractivity contribution in [3.05, 3.63) is 71.8 Å². The van der Waals surface area contributed by atoms with E-state index in [9.17, 15) is 14.4 Å². The molecule has 0 saturated carbocycles. The third kappa shape index (κ3) is 12.5. The highest BCUT2D eigenvalue weighted by atomic mass is 16.6. The Bertz CT molecular complexity index is 1100. The molecule has 0 aromatic heterocycles. The first-order valence-electron chi connectivity index (χ1n) is 13.4. The molecule has 2 aromatic rings. The third-order valence-corrected chi connectivity index (χ3v) is 5.72. The summed E-state index contributed by atoms with van der Waals surface area (Å²) in [7, 11) is 1.23. The maximum Gasteiger partial charge on any atom is 0.434 e. The first-order valence-corrected chi connectivity index (χ1v) is 13.4. The number of ether oxygens (including phenoxy) is 5. The normalized spacial score (nSPS) is 14.1. The molecular formula is C31H41NO8. The summed E-state index contributed by atoms with van der Waals surface area (Å²) in [5.74, 6) is -1.14. The summed E-state index contributed by atoms with van der Waals surface area (Å²) >= 11 is 0. The van der Waals surface area contributed by atoms with Crippen LogP contribution in [0.5, 0.6) is 0 Å². The smallest absolute Gasteiger partial charge is 0.434 e. The molecule has 0 spiro atoms. The van der Waals surface area contributed by atoms with Crippen molar-refractivity contribution in [1.29, 1.82) is 0 Å². The monoisotopic (exact) mass is 555 g/mol. The van der Waals surface area contributed by atoms with E-state index in [2.05, 4.69) is 4.99 Å².